The van der Waals surface area contributed by atoms with Crippen LogP contribution in [0.5, 0.6) is 0 Å². The number of carbonyl (C=O) groups is 2. The predicted molar refractivity (Wildman–Crippen MR) is 86.3 cm³/mol. The number of nitrogens with zero attached hydrogens (tertiary/aromatic N) is 2. The van der Waals surface area contributed by atoms with Crippen LogP contribution in [0.4, 0.5) is 4.39 Å². The smallest absolute Gasteiger partial charge is 0.254 e. The molecule has 0 spiro atoms. The molecule has 1 saturated heterocycles. The topological polar surface area (TPSA) is 66.6 Å². The van der Waals surface area contributed by atoms with Gasteiger partial charge in [-0.05, 0) is 30.5 Å². The van der Waals surface area contributed by atoms with E-state index >= 15 is 0 Å². The molecule has 2 rings (SSSR count). The Hall–Kier alpha value is -1.95. The molecule has 1 aliphatic heterocycles. The molecule has 1 aromatic carbocycles. The molecule has 2 N–H and O–H groups in total. The van der Waals surface area contributed by atoms with Crippen molar-refractivity contribution in [1.29, 1.82) is 0 Å². The molecule has 1 atom stereocenters. The van der Waals surface area contributed by atoms with Crippen LogP contribution in [0, 0.1) is 11.7 Å². The molecule has 0 bridgehead atoms. The van der Waals surface area contributed by atoms with Crippen LogP contribution < -0.4 is 5.73 Å². The maximum Gasteiger partial charge on any atom is 0.254 e. The van der Waals surface area contributed by atoms with Gasteiger partial charge in [-0.1, -0.05) is 19.9 Å². The Morgan fingerprint density at radius 1 is 1.17 bits per heavy atom. The van der Waals surface area contributed by atoms with E-state index < -0.39 is 11.9 Å². The summed E-state index contributed by atoms with van der Waals surface area (Å²) < 4.78 is 13.2. The fourth-order valence-corrected chi connectivity index (χ4v) is 2.78. The first-order chi connectivity index (χ1) is 10.9. The molecule has 0 saturated carbocycles. The second-order valence-corrected chi connectivity index (χ2v) is 6.36. The first-order valence-electron chi connectivity index (χ1n) is 7.97. The van der Waals surface area contributed by atoms with Crippen molar-refractivity contribution in [2.75, 3.05) is 26.2 Å². The third kappa shape index (κ3) is 4.51. The Morgan fingerprint density at radius 2 is 1.78 bits per heavy atom. The number of amides is 2. The van der Waals surface area contributed by atoms with Crippen LogP contribution in [-0.2, 0) is 4.79 Å². The molecule has 126 valence electrons. The minimum atomic E-state index is -0.486. The van der Waals surface area contributed by atoms with Gasteiger partial charge in [-0.15, -0.1) is 0 Å². The van der Waals surface area contributed by atoms with E-state index in [9.17, 15) is 14.0 Å². The molecule has 0 aromatic heterocycles. The van der Waals surface area contributed by atoms with Gasteiger partial charge in [-0.3, -0.25) is 9.59 Å². The zero-order valence-corrected chi connectivity index (χ0v) is 13.7. The fourth-order valence-electron chi connectivity index (χ4n) is 2.78. The molecule has 2 amide bonds. The summed E-state index contributed by atoms with van der Waals surface area (Å²) in [5.41, 5.74) is 6.27. The van der Waals surface area contributed by atoms with E-state index in [1.807, 2.05) is 13.8 Å². The monoisotopic (exact) mass is 321 g/mol. The van der Waals surface area contributed by atoms with Gasteiger partial charge in [-0.2, -0.15) is 0 Å². The average Bonchev–Trinajstić information content (AvgIpc) is 2.53. The molecule has 1 fully saturated rings. The summed E-state index contributed by atoms with van der Waals surface area (Å²) in [5.74, 6) is -0.325. The maximum absolute atomic E-state index is 13.2. The van der Waals surface area contributed by atoms with Gasteiger partial charge in [0.1, 0.15) is 5.82 Å². The molecular weight excluding hydrogens is 297 g/mol. The van der Waals surface area contributed by atoms with Crippen molar-refractivity contribution in [2.24, 2.45) is 11.7 Å². The van der Waals surface area contributed by atoms with Gasteiger partial charge in [0, 0.05) is 31.7 Å². The summed E-state index contributed by atoms with van der Waals surface area (Å²) in [4.78, 5) is 28.0. The normalized spacial score (nSPS) is 16.6. The highest BCUT2D eigenvalue weighted by atomic mass is 19.1. The van der Waals surface area contributed by atoms with Crippen molar-refractivity contribution < 1.29 is 14.0 Å². The summed E-state index contributed by atoms with van der Waals surface area (Å²) in [6, 6.07) is 5.18. The zero-order chi connectivity index (χ0) is 17.0. The molecule has 1 heterocycles. The van der Waals surface area contributed by atoms with Crippen molar-refractivity contribution in [3.05, 3.63) is 35.6 Å². The molecule has 1 aliphatic rings. The standard InChI is InChI=1S/C17H24FN3O2/c1-12(2)10-15(19)17(23)21-8-6-20(7-9-21)16(22)13-4-3-5-14(18)11-13/h3-5,11-12,15H,6-10,19H2,1-2H3/t15-/m0/s1. The van der Waals surface area contributed by atoms with Gasteiger partial charge in [0.2, 0.25) is 5.91 Å². The Labute approximate surface area is 136 Å². The van der Waals surface area contributed by atoms with Gasteiger partial charge in [-0.25, -0.2) is 4.39 Å². The quantitative estimate of drug-likeness (QED) is 0.913. The Balaban J connectivity index is 1.91. The maximum atomic E-state index is 13.2. The Morgan fingerprint density at radius 3 is 2.35 bits per heavy atom. The lowest BCUT2D eigenvalue weighted by Gasteiger charge is -2.36. The first kappa shape index (κ1) is 17.4. The minimum absolute atomic E-state index is 0.0587. The van der Waals surface area contributed by atoms with Crippen molar-refractivity contribution in [2.45, 2.75) is 26.3 Å². The molecule has 0 aliphatic carbocycles. The molecular formula is C17H24FN3O2. The van der Waals surface area contributed by atoms with Crippen molar-refractivity contribution in [3.63, 3.8) is 0 Å². The summed E-state index contributed by atoms with van der Waals surface area (Å²) in [6.07, 6.45) is 0.654. The van der Waals surface area contributed by atoms with Crippen molar-refractivity contribution >= 4 is 11.8 Å². The highest BCUT2D eigenvalue weighted by Gasteiger charge is 2.27. The van der Waals surface area contributed by atoms with Crippen molar-refractivity contribution in [3.8, 4) is 0 Å². The SMILES string of the molecule is CC(C)C[C@H](N)C(=O)N1CCN(C(=O)c2cccc(F)c2)CC1. The summed E-state index contributed by atoms with van der Waals surface area (Å²) >= 11 is 0. The van der Waals surface area contributed by atoms with Crippen LogP contribution >= 0.6 is 0 Å². The van der Waals surface area contributed by atoms with Crippen LogP contribution in [-0.4, -0.2) is 53.8 Å². The van der Waals surface area contributed by atoms with Gasteiger partial charge >= 0.3 is 0 Å². The molecule has 5 nitrogen and oxygen atoms in total. The predicted octanol–water partition coefficient (Wildman–Crippen LogP) is 1.48. The highest BCUT2D eigenvalue weighted by Crippen LogP contribution is 2.12. The zero-order valence-electron chi connectivity index (χ0n) is 13.7. The molecule has 23 heavy (non-hydrogen) atoms. The third-order valence-corrected chi connectivity index (χ3v) is 3.99. The minimum Gasteiger partial charge on any atom is -0.338 e. The lowest BCUT2D eigenvalue weighted by molar-refractivity contribution is -0.134. The number of carbonyl (C=O) groups excluding carboxylic acids is 2. The van der Waals surface area contributed by atoms with E-state index in [0.717, 1.165) is 0 Å². The van der Waals surface area contributed by atoms with E-state index in [4.69, 9.17) is 5.73 Å². The number of nitrogens with two attached hydrogens (primary N) is 1. The number of piperazine rings is 1. The van der Waals surface area contributed by atoms with E-state index in [1.54, 1.807) is 15.9 Å². The van der Waals surface area contributed by atoms with Crippen LogP contribution in [0.3, 0.4) is 0 Å². The first-order valence-corrected chi connectivity index (χ1v) is 7.97. The molecule has 0 unspecified atom stereocenters. The van der Waals surface area contributed by atoms with E-state index in [2.05, 4.69) is 0 Å². The van der Waals surface area contributed by atoms with Gasteiger partial charge in [0.05, 0.1) is 6.04 Å². The Bertz CT molecular complexity index is 569. The highest BCUT2D eigenvalue weighted by molar-refractivity contribution is 5.94. The number of benzene rings is 1. The van der Waals surface area contributed by atoms with Crippen LogP contribution in [0.15, 0.2) is 24.3 Å². The summed E-state index contributed by atoms with van der Waals surface area (Å²) in [6.45, 7) is 5.87. The third-order valence-electron chi connectivity index (χ3n) is 3.99. The van der Waals surface area contributed by atoms with Crippen LogP contribution in [0.1, 0.15) is 30.6 Å². The number of hydrogen-bond acceptors (Lipinski definition) is 3. The lowest BCUT2D eigenvalue weighted by Crippen LogP contribution is -2.54. The van der Waals surface area contributed by atoms with E-state index in [-0.39, 0.29) is 11.8 Å². The Kier molecular flexibility index (Phi) is 5.71. The van der Waals surface area contributed by atoms with E-state index in [1.165, 1.54) is 18.2 Å². The van der Waals surface area contributed by atoms with Crippen molar-refractivity contribution in [1.82, 2.24) is 9.80 Å². The fraction of sp³-hybridized carbons (Fsp3) is 0.529. The van der Waals surface area contributed by atoms with Crippen LogP contribution in [0.2, 0.25) is 0 Å². The van der Waals surface area contributed by atoms with Gasteiger partial charge in [0.25, 0.3) is 5.91 Å². The number of halogens is 1. The average molecular weight is 321 g/mol. The number of hydrogen-bond donors (Lipinski definition) is 1. The summed E-state index contributed by atoms with van der Waals surface area (Å²) in [5, 5.41) is 0. The van der Waals surface area contributed by atoms with Crippen LogP contribution in [0.25, 0.3) is 0 Å². The number of rotatable bonds is 4. The second-order valence-electron chi connectivity index (χ2n) is 6.36. The molecule has 0 radical (unpaired) electrons. The van der Waals surface area contributed by atoms with E-state index in [0.29, 0.717) is 44.1 Å². The van der Waals surface area contributed by atoms with Gasteiger partial charge < -0.3 is 15.5 Å². The largest absolute Gasteiger partial charge is 0.338 e. The lowest BCUT2D eigenvalue weighted by atomic mass is 10.0. The second kappa shape index (κ2) is 7.55. The van der Waals surface area contributed by atoms with Gasteiger partial charge in [0.15, 0.2) is 0 Å². The summed E-state index contributed by atoms with van der Waals surface area (Å²) in [7, 11) is 0. The molecule has 6 heteroatoms. The molecule has 1 aromatic rings.